The molecule has 146 valence electrons. The number of amides is 1. The molecular formula is C21H23N3O2S2. The van der Waals surface area contributed by atoms with Crippen molar-refractivity contribution in [2.45, 2.75) is 39.4 Å². The van der Waals surface area contributed by atoms with Crippen LogP contribution in [0.1, 0.15) is 21.6 Å². The highest BCUT2D eigenvalue weighted by atomic mass is 32.2. The summed E-state index contributed by atoms with van der Waals surface area (Å²) in [5.74, 6) is 0.0444. The summed E-state index contributed by atoms with van der Waals surface area (Å²) >= 11 is 2.78. The third kappa shape index (κ3) is 4.05. The van der Waals surface area contributed by atoms with Crippen molar-refractivity contribution in [2.24, 2.45) is 0 Å². The fraction of sp³-hybridized carbons (Fsp3) is 0.286. The van der Waals surface area contributed by atoms with E-state index >= 15 is 0 Å². The second kappa shape index (κ2) is 8.32. The molecule has 0 spiro atoms. The van der Waals surface area contributed by atoms with E-state index in [-0.39, 0.29) is 17.2 Å². The molecule has 0 fully saturated rings. The number of rotatable bonds is 6. The Labute approximate surface area is 172 Å². The number of nitrogens with zero attached hydrogens (tertiary/aromatic N) is 2. The molecule has 0 unspecified atom stereocenters. The van der Waals surface area contributed by atoms with Gasteiger partial charge in [-0.05, 0) is 50.5 Å². The smallest absolute Gasteiger partial charge is 0.263 e. The molecule has 0 aliphatic rings. The number of aryl methyl sites for hydroxylation is 4. The fourth-order valence-electron chi connectivity index (χ4n) is 2.90. The molecule has 3 rings (SSSR count). The minimum absolute atomic E-state index is 0.0795. The predicted octanol–water partition coefficient (Wildman–Crippen LogP) is 4.61. The highest BCUT2D eigenvalue weighted by Gasteiger charge is 2.17. The first-order valence-corrected chi connectivity index (χ1v) is 10.7. The molecule has 7 heteroatoms. The number of thioether (sulfide) groups is 1. The van der Waals surface area contributed by atoms with Gasteiger partial charge in [-0.25, -0.2) is 4.98 Å². The molecule has 0 aliphatic heterocycles. The molecule has 0 saturated carbocycles. The number of carbonyl (C=O) groups excluding carboxylic acids is 1. The summed E-state index contributed by atoms with van der Waals surface area (Å²) < 4.78 is 1.59. The van der Waals surface area contributed by atoms with Gasteiger partial charge in [-0.3, -0.25) is 14.2 Å². The van der Waals surface area contributed by atoms with E-state index in [4.69, 9.17) is 0 Å². The normalized spacial score (nSPS) is 11.0. The summed E-state index contributed by atoms with van der Waals surface area (Å²) in [7, 11) is 0. The minimum Gasteiger partial charge on any atom is -0.325 e. The third-order valence-electron chi connectivity index (χ3n) is 4.57. The van der Waals surface area contributed by atoms with Crippen LogP contribution in [0.3, 0.4) is 0 Å². The van der Waals surface area contributed by atoms with Crippen molar-refractivity contribution in [2.75, 3.05) is 11.1 Å². The van der Waals surface area contributed by atoms with Gasteiger partial charge in [0.05, 0.1) is 11.1 Å². The molecular weight excluding hydrogens is 390 g/mol. The van der Waals surface area contributed by atoms with Gasteiger partial charge in [-0.15, -0.1) is 17.9 Å². The van der Waals surface area contributed by atoms with Crippen molar-refractivity contribution in [3.8, 4) is 0 Å². The average Bonchev–Trinajstić information content (AvgIpc) is 2.93. The Morgan fingerprint density at radius 1 is 1.32 bits per heavy atom. The van der Waals surface area contributed by atoms with Crippen molar-refractivity contribution < 1.29 is 4.79 Å². The zero-order valence-corrected chi connectivity index (χ0v) is 18.1. The number of allylic oxidation sites excluding steroid dienone is 1. The third-order valence-corrected chi connectivity index (χ3v) is 6.64. The van der Waals surface area contributed by atoms with Gasteiger partial charge >= 0.3 is 0 Å². The summed E-state index contributed by atoms with van der Waals surface area (Å²) in [6.45, 7) is 12.0. The zero-order valence-electron chi connectivity index (χ0n) is 16.5. The van der Waals surface area contributed by atoms with E-state index in [2.05, 4.69) is 16.9 Å². The summed E-state index contributed by atoms with van der Waals surface area (Å²) in [5.41, 5.74) is 3.80. The molecule has 3 aromatic rings. The highest BCUT2D eigenvalue weighted by Crippen LogP contribution is 2.28. The van der Waals surface area contributed by atoms with E-state index in [1.807, 2.05) is 45.9 Å². The van der Waals surface area contributed by atoms with Gasteiger partial charge in [0.1, 0.15) is 4.83 Å². The Hall–Kier alpha value is -2.38. The first-order chi connectivity index (χ1) is 13.3. The van der Waals surface area contributed by atoms with Gasteiger partial charge in [0.2, 0.25) is 5.91 Å². The molecule has 2 aromatic heterocycles. The first-order valence-electron chi connectivity index (χ1n) is 8.93. The number of benzene rings is 1. The Bertz CT molecular complexity index is 1130. The van der Waals surface area contributed by atoms with Gasteiger partial charge in [-0.1, -0.05) is 30.0 Å². The number of hydrogen-bond donors (Lipinski definition) is 1. The lowest BCUT2D eigenvalue weighted by Gasteiger charge is -2.11. The number of anilines is 1. The largest absolute Gasteiger partial charge is 0.325 e. The van der Waals surface area contributed by atoms with E-state index < -0.39 is 0 Å². The lowest BCUT2D eigenvalue weighted by atomic mass is 10.1. The molecule has 0 aliphatic carbocycles. The SMILES string of the molecule is C=CCn1c(SCC(=O)Nc2cc(C)ccc2C)nc2sc(C)c(C)c2c1=O. The van der Waals surface area contributed by atoms with Gasteiger partial charge in [0.15, 0.2) is 5.16 Å². The number of nitrogens with one attached hydrogen (secondary N) is 1. The van der Waals surface area contributed by atoms with Crippen LogP contribution in [0.4, 0.5) is 5.69 Å². The quantitative estimate of drug-likeness (QED) is 0.364. The van der Waals surface area contributed by atoms with Crippen molar-refractivity contribution >= 4 is 44.9 Å². The van der Waals surface area contributed by atoms with Crippen LogP contribution in [0.25, 0.3) is 10.2 Å². The van der Waals surface area contributed by atoms with E-state index in [0.29, 0.717) is 17.1 Å². The average molecular weight is 414 g/mol. The molecule has 1 amide bonds. The maximum Gasteiger partial charge on any atom is 0.263 e. The van der Waals surface area contributed by atoms with Crippen LogP contribution in [0, 0.1) is 27.7 Å². The van der Waals surface area contributed by atoms with E-state index in [0.717, 1.165) is 32.1 Å². The van der Waals surface area contributed by atoms with E-state index in [9.17, 15) is 9.59 Å². The summed E-state index contributed by atoms with van der Waals surface area (Å²) in [6.07, 6.45) is 1.67. The zero-order chi connectivity index (χ0) is 20.4. The molecule has 0 atom stereocenters. The van der Waals surface area contributed by atoms with Crippen LogP contribution in [-0.2, 0) is 11.3 Å². The molecule has 0 radical (unpaired) electrons. The molecule has 1 N–H and O–H groups in total. The molecule has 1 aromatic carbocycles. The van der Waals surface area contributed by atoms with Crippen molar-refractivity contribution in [1.29, 1.82) is 0 Å². The number of thiophene rings is 1. The van der Waals surface area contributed by atoms with Gasteiger partial charge in [0.25, 0.3) is 5.56 Å². The van der Waals surface area contributed by atoms with Crippen LogP contribution in [0.15, 0.2) is 40.8 Å². The van der Waals surface area contributed by atoms with Crippen LogP contribution >= 0.6 is 23.1 Å². The lowest BCUT2D eigenvalue weighted by molar-refractivity contribution is -0.113. The Kier molecular flexibility index (Phi) is 6.05. The maximum atomic E-state index is 13.0. The lowest BCUT2D eigenvalue weighted by Crippen LogP contribution is -2.23. The predicted molar refractivity (Wildman–Crippen MR) is 119 cm³/mol. The Morgan fingerprint density at radius 3 is 2.79 bits per heavy atom. The van der Waals surface area contributed by atoms with Crippen molar-refractivity contribution in [3.05, 3.63) is 62.8 Å². The van der Waals surface area contributed by atoms with Gasteiger partial charge < -0.3 is 5.32 Å². The Balaban J connectivity index is 1.86. The van der Waals surface area contributed by atoms with Gasteiger partial charge in [-0.2, -0.15) is 0 Å². The molecule has 0 saturated heterocycles. The number of fused-ring (bicyclic) bond motifs is 1. The summed E-state index contributed by atoms with van der Waals surface area (Å²) in [4.78, 5) is 31.9. The standard InChI is InChI=1S/C21H23N3O2S2/c1-6-9-24-20(26)18-14(4)15(5)28-19(18)23-21(24)27-11-17(25)22-16-10-12(2)7-8-13(16)3/h6-8,10H,1,9,11H2,2-5H3,(H,22,25). The minimum atomic E-state index is -0.128. The second-order valence-corrected chi connectivity index (χ2v) is 8.86. The van der Waals surface area contributed by atoms with Crippen LogP contribution in [0.2, 0.25) is 0 Å². The second-order valence-electron chi connectivity index (χ2n) is 6.72. The monoisotopic (exact) mass is 413 g/mol. The van der Waals surface area contributed by atoms with E-state index in [1.54, 1.807) is 10.6 Å². The van der Waals surface area contributed by atoms with E-state index in [1.165, 1.54) is 23.1 Å². The molecule has 5 nitrogen and oxygen atoms in total. The maximum absolute atomic E-state index is 13.0. The molecule has 0 bridgehead atoms. The molecule has 2 heterocycles. The summed E-state index contributed by atoms with van der Waals surface area (Å²) in [5, 5.41) is 4.14. The van der Waals surface area contributed by atoms with Crippen LogP contribution < -0.4 is 10.9 Å². The van der Waals surface area contributed by atoms with Crippen molar-refractivity contribution in [1.82, 2.24) is 9.55 Å². The van der Waals surface area contributed by atoms with Crippen molar-refractivity contribution in [3.63, 3.8) is 0 Å². The number of aromatic nitrogens is 2. The summed E-state index contributed by atoms with van der Waals surface area (Å²) in [6, 6.07) is 5.95. The number of hydrogen-bond acceptors (Lipinski definition) is 5. The van der Waals surface area contributed by atoms with Crippen LogP contribution in [0.5, 0.6) is 0 Å². The first kappa shape index (κ1) is 20.4. The van der Waals surface area contributed by atoms with Gasteiger partial charge in [0, 0.05) is 17.1 Å². The molecule has 28 heavy (non-hydrogen) atoms. The van der Waals surface area contributed by atoms with Crippen LogP contribution in [-0.4, -0.2) is 21.2 Å². The number of carbonyl (C=O) groups is 1. The Morgan fingerprint density at radius 2 is 2.07 bits per heavy atom. The highest BCUT2D eigenvalue weighted by molar-refractivity contribution is 7.99. The topological polar surface area (TPSA) is 64.0 Å². The fourth-order valence-corrected chi connectivity index (χ4v) is 4.77.